The average Bonchev–Trinajstić information content (AvgIpc) is 2.73. The number of hydrazone groups is 1. The number of aryl methyl sites for hydroxylation is 1. The second-order valence-corrected chi connectivity index (χ2v) is 6.52. The molecule has 1 fully saturated rings. The minimum absolute atomic E-state index is 0.181. The van der Waals surface area contributed by atoms with E-state index in [4.69, 9.17) is 9.47 Å². The lowest BCUT2D eigenvalue weighted by molar-refractivity contribution is -0.123. The summed E-state index contributed by atoms with van der Waals surface area (Å²) in [6.45, 7) is 3.60. The van der Waals surface area contributed by atoms with Crippen molar-refractivity contribution >= 4 is 18.1 Å². The predicted molar refractivity (Wildman–Crippen MR) is 107 cm³/mol. The summed E-state index contributed by atoms with van der Waals surface area (Å²) in [5, 5.41) is 3.95. The van der Waals surface area contributed by atoms with Crippen LogP contribution in [0.4, 0.5) is 5.95 Å². The summed E-state index contributed by atoms with van der Waals surface area (Å²) in [6, 6.07) is 9.12. The highest BCUT2D eigenvalue weighted by Crippen LogP contribution is 2.19. The number of piperidine rings is 1. The fraction of sp³-hybridized carbons (Fsp3) is 0.400. The molecule has 1 aliphatic heterocycles. The van der Waals surface area contributed by atoms with Gasteiger partial charge >= 0.3 is 0 Å². The molecule has 1 aromatic carbocycles. The zero-order valence-corrected chi connectivity index (χ0v) is 16.2. The van der Waals surface area contributed by atoms with Crippen molar-refractivity contribution in [3.63, 3.8) is 0 Å². The molecule has 0 aliphatic carbocycles. The molecule has 0 bridgehead atoms. The number of amides is 1. The van der Waals surface area contributed by atoms with Crippen LogP contribution in [0.1, 0.15) is 30.5 Å². The van der Waals surface area contributed by atoms with Crippen LogP contribution in [0.5, 0.6) is 11.6 Å². The molecule has 2 aromatic rings. The van der Waals surface area contributed by atoms with Crippen molar-refractivity contribution < 1.29 is 14.3 Å². The third-order valence-corrected chi connectivity index (χ3v) is 4.34. The predicted octanol–water partition coefficient (Wildman–Crippen LogP) is 2.31. The van der Waals surface area contributed by atoms with Gasteiger partial charge in [0.25, 0.3) is 5.91 Å². The van der Waals surface area contributed by atoms with E-state index in [0.717, 1.165) is 37.2 Å². The number of ether oxygens (including phenoxy) is 2. The van der Waals surface area contributed by atoms with E-state index >= 15 is 0 Å². The maximum Gasteiger partial charge on any atom is 0.278 e. The quantitative estimate of drug-likeness (QED) is 0.583. The number of rotatable bonds is 7. The van der Waals surface area contributed by atoms with Crippen molar-refractivity contribution in [1.82, 2.24) is 15.4 Å². The lowest BCUT2D eigenvalue weighted by Crippen LogP contribution is -2.31. The van der Waals surface area contributed by atoms with Crippen LogP contribution in [-0.2, 0) is 4.79 Å². The van der Waals surface area contributed by atoms with Gasteiger partial charge in [-0.15, -0.1) is 0 Å². The molecular weight excluding hydrogens is 358 g/mol. The third-order valence-electron chi connectivity index (χ3n) is 4.34. The number of nitrogens with zero attached hydrogens (tertiary/aromatic N) is 4. The maximum atomic E-state index is 12.0. The summed E-state index contributed by atoms with van der Waals surface area (Å²) in [5.74, 6) is 1.35. The molecule has 0 spiro atoms. The number of carbonyl (C=O) groups excluding carboxylic acids is 1. The van der Waals surface area contributed by atoms with E-state index in [0.29, 0.717) is 17.6 Å². The van der Waals surface area contributed by atoms with Gasteiger partial charge in [-0.05, 0) is 38.3 Å². The number of hydrogen-bond acceptors (Lipinski definition) is 7. The molecule has 3 rings (SSSR count). The van der Waals surface area contributed by atoms with Gasteiger partial charge < -0.3 is 14.4 Å². The molecule has 148 valence electrons. The molecule has 0 radical (unpaired) electrons. The average molecular weight is 383 g/mol. The smallest absolute Gasteiger partial charge is 0.278 e. The highest BCUT2D eigenvalue weighted by Gasteiger charge is 2.15. The lowest BCUT2D eigenvalue weighted by Gasteiger charge is -2.26. The summed E-state index contributed by atoms with van der Waals surface area (Å²) in [5.41, 5.74) is 4.01. The van der Waals surface area contributed by atoms with Gasteiger partial charge in [0.05, 0.1) is 13.3 Å². The largest absolute Gasteiger partial charge is 0.496 e. The van der Waals surface area contributed by atoms with Gasteiger partial charge in [-0.2, -0.15) is 10.1 Å². The number of para-hydroxylation sites is 1. The van der Waals surface area contributed by atoms with Gasteiger partial charge in [0.2, 0.25) is 11.8 Å². The first-order valence-corrected chi connectivity index (χ1v) is 9.34. The second kappa shape index (κ2) is 9.68. The first kappa shape index (κ1) is 19.6. The molecule has 0 saturated carbocycles. The molecule has 1 aliphatic rings. The summed E-state index contributed by atoms with van der Waals surface area (Å²) >= 11 is 0. The Bertz CT molecular complexity index is 834. The first-order valence-electron chi connectivity index (χ1n) is 9.34. The maximum absolute atomic E-state index is 12.0. The van der Waals surface area contributed by atoms with E-state index in [1.54, 1.807) is 13.2 Å². The lowest BCUT2D eigenvalue weighted by atomic mass is 10.1. The molecule has 8 heteroatoms. The second-order valence-electron chi connectivity index (χ2n) is 6.52. The van der Waals surface area contributed by atoms with Crippen molar-refractivity contribution in [1.29, 1.82) is 0 Å². The van der Waals surface area contributed by atoms with Gasteiger partial charge in [-0.1, -0.05) is 12.1 Å². The number of nitrogens with one attached hydrogen (secondary N) is 1. The van der Waals surface area contributed by atoms with Crippen molar-refractivity contribution in [2.45, 2.75) is 26.2 Å². The number of carbonyl (C=O) groups is 1. The Kier molecular flexibility index (Phi) is 6.78. The number of anilines is 1. The van der Waals surface area contributed by atoms with Crippen molar-refractivity contribution in [2.24, 2.45) is 5.10 Å². The zero-order chi connectivity index (χ0) is 19.8. The number of methoxy groups -OCH3 is 1. The first-order chi connectivity index (χ1) is 13.7. The van der Waals surface area contributed by atoms with E-state index in [9.17, 15) is 4.79 Å². The van der Waals surface area contributed by atoms with Crippen molar-refractivity contribution in [3.8, 4) is 11.6 Å². The Morgan fingerprint density at radius 3 is 2.82 bits per heavy atom. The van der Waals surface area contributed by atoms with Crippen LogP contribution in [0.2, 0.25) is 0 Å². The van der Waals surface area contributed by atoms with Crippen LogP contribution in [0, 0.1) is 6.92 Å². The van der Waals surface area contributed by atoms with Crippen LogP contribution in [0.15, 0.2) is 35.4 Å². The Morgan fingerprint density at radius 2 is 2.04 bits per heavy atom. The van der Waals surface area contributed by atoms with E-state index in [1.807, 2.05) is 31.2 Å². The number of aromatic nitrogens is 2. The third kappa shape index (κ3) is 5.42. The van der Waals surface area contributed by atoms with E-state index in [2.05, 4.69) is 25.4 Å². The van der Waals surface area contributed by atoms with Crippen molar-refractivity contribution in [3.05, 3.63) is 41.6 Å². The highest BCUT2D eigenvalue weighted by molar-refractivity contribution is 5.85. The molecule has 1 aromatic heterocycles. The molecule has 1 saturated heterocycles. The molecule has 28 heavy (non-hydrogen) atoms. The van der Waals surface area contributed by atoms with Crippen LogP contribution < -0.4 is 19.8 Å². The summed E-state index contributed by atoms with van der Waals surface area (Å²) < 4.78 is 10.8. The zero-order valence-electron chi connectivity index (χ0n) is 16.2. The fourth-order valence-electron chi connectivity index (χ4n) is 2.95. The van der Waals surface area contributed by atoms with Gasteiger partial charge in [-0.25, -0.2) is 10.4 Å². The van der Waals surface area contributed by atoms with Crippen LogP contribution in [0.3, 0.4) is 0 Å². The van der Waals surface area contributed by atoms with Gasteiger partial charge in [0.15, 0.2) is 6.61 Å². The summed E-state index contributed by atoms with van der Waals surface area (Å²) in [7, 11) is 1.58. The molecule has 1 N–H and O–H groups in total. The van der Waals surface area contributed by atoms with E-state index in [1.165, 1.54) is 12.6 Å². The molecule has 0 unspecified atom stereocenters. The summed E-state index contributed by atoms with van der Waals surface area (Å²) in [4.78, 5) is 23.1. The van der Waals surface area contributed by atoms with Crippen LogP contribution >= 0.6 is 0 Å². The van der Waals surface area contributed by atoms with Gasteiger partial charge in [-0.3, -0.25) is 4.79 Å². The Hall–Kier alpha value is -3.16. The molecule has 2 heterocycles. The van der Waals surface area contributed by atoms with Gasteiger partial charge in [0.1, 0.15) is 5.75 Å². The molecule has 8 nitrogen and oxygen atoms in total. The van der Waals surface area contributed by atoms with E-state index < -0.39 is 0 Å². The van der Waals surface area contributed by atoms with Crippen LogP contribution in [0.25, 0.3) is 0 Å². The Morgan fingerprint density at radius 1 is 1.25 bits per heavy atom. The number of hydrogen-bond donors (Lipinski definition) is 1. The van der Waals surface area contributed by atoms with E-state index in [-0.39, 0.29) is 12.5 Å². The topological polar surface area (TPSA) is 88.9 Å². The van der Waals surface area contributed by atoms with Gasteiger partial charge in [0, 0.05) is 30.4 Å². The SMILES string of the molecule is COc1ccccc1C=NNC(=O)COc1cc(C)nc(N2CCCCC2)n1. The highest BCUT2D eigenvalue weighted by atomic mass is 16.5. The number of benzene rings is 1. The monoisotopic (exact) mass is 383 g/mol. The fourth-order valence-corrected chi connectivity index (χ4v) is 2.95. The minimum atomic E-state index is -0.373. The van der Waals surface area contributed by atoms with Crippen molar-refractivity contribution in [2.75, 3.05) is 31.7 Å². The molecular formula is C20H25N5O3. The minimum Gasteiger partial charge on any atom is -0.496 e. The normalized spacial score (nSPS) is 14.1. The standard InChI is InChI=1S/C20H25N5O3/c1-15-12-19(23-20(22-15)25-10-6-3-7-11-25)28-14-18(26)24-21-13-16-8-4-5-9-17(16)27-2/h4-5,8-9,12-13H,3,6-7,10-11,14H2,1-2H3,(H,24,26). The molecule has 0 atom stereocenters. The van der Waals surface area contributed by atoms with Crippen LogP contribution in [-0.4, -0.2) is 48.9 Å². The Labute approximate surface area is 164 Å². The molecule has 1 amide bonds. The Balaban J connectivity index is 1.54. The summed E-state index contributed by atoms with van der Waals surface area (Å²) in [6.07, 6.45) is 5.04.